The minimum absolute atomic E-state index is 0.252. The lowest BCUT2D eigenvalue weighted by Crippen LogP contribution is -2.46. The smallest absolute Gasteiger partial charge is 0.363 e. The molecule has 2 N–H and O–H groups in total. The summed E-state index contributed by atoms with van der Waals surface area (Å²) < 4.78 is 41.9. The first-order valence-corrected chi connectivity index (χ1v) is 12.3. The third-order valence-electron chi connectivity index (χ3n) is 6.98. The van der Waals surface area contributed by atoms with Gasteiger partial charge in [0.2, 0.25) is 11.7 Å². The summed E-state index contributed by atoms with van der Waals surface area (Å²) in [6.07, 6.45) is -3.57. The predicted molar refractivity (Wildman–Crippen MR) is 135 cm³/mol. The number of aromatic nitrogens is 4. The van der Waals surface area contributed by atoms with E-state index in [1.807, 2.05) is 35.2 Å². The molecule has 0 radical (unpaired) electrons. The summed E-state index contributed by atoms with van der Waals surface area (Å²) in [5.74, 6) is 0.223. The van der Waals surface area contributed by atoms with Crippen LogP contribution in [0.15, 0.2) is 59.4 Å². The first-order chi connectivity index (χ1) is 18.3. The van der Waals surface area contributed by atoms with Gasteiger partial charge in [0, 0.05) is 37.4 Å². The first-order valence-electron chi connectivity index (χ1n) is 12.3. The van der Waals surface area contributed by atoms with Crippen molar-refractivity contribution >= 4 is 23.1 Å². The van der Waals surface area contributed by atoms with Crippen molar-refractivity contribution in [3.8, 4) is 11.4 Å². The van der Waals surface area contributed by atoms with E-state index >= 15 is 0 Å². The van der Waals surface area contributed by atoms with E-state index in [-0.39, 0.29) is 17.0 Å². The van der Waals surface area contributed by atoms with Crippen LogP contribution in [0.4, 0.5) is 24.5 Å². The van der Waals surface area contributed by atoms with Crippen molar-refractivity contribution in [1.29, 1.82) is 0 Å². The van der Waals surface area contributed by atoms with E-state index in [1.165, 1.54) is 16.6 Å². The van der Waals surface area contributed by atoms with Crippen LogP contribution < -0.4 is 21.1 Å². The Morgan fingerprint density at radius 1 is 1.03 bits per heavy atom. The van der Waals surface area contributed by atoms with E-state index in [1.54, 1.807) is 4.57 Å². The number of fused-ring (bicyclic) bond motifs is 3. The second kappa shape index (κ2) is 9.28. The number of amides is 1. The molecule has 1 fully saturated rings. The van der Waals surface area contributed by atoms with Gasteiger partial charge in [-0.15, -0.1) is 5.10 Å². The Bertz CT molecular complexity index is 1560. The number of hydrogen-bond acceptors (Lipinski definition) is 6. The second-order valence-corrected chi connectivity index (χ2v) is 9.34. The maximum Gasteiger partial charge on any atom is 0.416 e. The van der Waals surface area contributed by atoms with Gasteiger partial charge < -0.3 is 15.5 Å². The zero-order valence-electron chi connectivity index (χ0n) is 20.2. The molecule has 1 saturated heterocycles. The summed E-state index contributed by atoms with van der Waals surface area (Å²) in [5, 5.41) is 10.5. The van der Waals surface area contributed by atoms with E-state index in [4.69, 9.17) is 0 Å². The molecule has 0 unspecified atom stereocenters. The fourth-order valence-corrected chi connectivity index (χ4v) is 5.16. The molecule has 9 nitrogen and oxygen atoms in total. The SMILES string of the molecule is O=C(Nc1ccc(C(F)(F)F)cc1)[C@H]1CCc2c(N3CCNCC3)c(=O)n3nc(-c4ccccc4)nc3n21. The number of alkyl halides is 3. The summed E-state index contributed by atoms with van der Waals surface area (Å²) >= 11 is 0. The third-order valence-corrected chi connectivity index (χ3v) is 6.98. The van der Waals surface area contributed by atoms with E-state index in [2.05, 4.69) is 20.7 Å². The lowest BCUT2D eigenvalue weighted by molar-refractivity contribution is -0.137. The number of rotatable bonds is 4. The molecular formula is C26H24F3N7O2. The van der Waals surface area contributed by atoms with Crippen LogP contribution in [0, 0.1) is 0 Å². The largest absolute Gasteiger partial charge is 0.416 e. The summed E-state index contributed by atoms with van der Waals surface area (Å²) in [6.45, 7) is 2.72. The normalized spacial score (nSPS) is 17.6. The lowest BCUT2D eigenvalue weighted by atomic mass is 10.1. The van der Waals surface area contributed by atoms with Crippen LogP contribution in [0.5, 0.6) is 0 Å². The summed E-state index contributed by atoms with van der Waals surface area (Å²) in [4.78, 5) is 33.8. The number of nitrogens with zero attached hydrogens (tertiary/aromatic N) is 5. The van der Waals surface area contributed by atoms with Gasteiger partial charge in [0.05, 0.1) is 11.3 Å². The highest BCUT2D eigenvalue weighted by Crippen LogP contribution is 2.35. The van der Waals surface area contributed by atoms with E-state index < -0.39 is 23.7 Å². The van der Waals surface area contributed by atoms with Gasteiger partial charge in [-0.1, -0.05) is 30.3 Å². The molecule has 12 heteroatoms. The van der Waals surface area contributed by atoms with Gasteiger partial charge >= 0.3 is 6.18 Å². The summed E-state index contributed by atoms with van der Waals surface area (Å²) in [6, 6.07) is 12.9. The Kier molecular flexibility index (Phi) is 5.90. The summed E-state index contributed by atoms with van der Waals surface area (Å²) in [5.41, 5.74) is 1.13. The first kappa shape index (κ1) is 24.2. The van der Waals surface area contributed by atoms with Crippen molar-refractivity contribution in [2.45, 2.75) is 25.1 Å². The molecule has 2 aliphatic rings. The molecule has 4 aromatic rings. The van der Waals surface area contributed by atoms with E-state index in [9.17, 15) is 22.8 Å². The van der Waals surface area contributed by atoms with Gasteiger partial charge in [0.1, 0.15) is 11.7 Å². The van der Waals surface area contributed by atoms with Crippen molar-refractivity contribution in [3.05, 3.63) is 76.2 Å². The van der Waals surface area contributed by atoms with Crippen LogP contribution in [0.25, 0.3) is 17.2 Å². The van der Waals surface area contributed by atoms with Crippen LogP contribution in [-0.4, -0.2) is 51.3 Å². The molecule has 1 amide bonds. The number of piperazine rings is 1. The van der Waals surface area contributed by atoms with Crippen molar-refractivity contribution in [3.63, 3.8) is 0 Å². The number of halogens is 3. The topological polar surface area (TPSA) is 96.6 Å². The van der Waals surface area contributed by atoms with Gasteiger partial charge in [0.25, 0.3) is 5.56 Å². The number of carbonyl (C=O) groups excluding carboxylic acids is 1. The molecular weight excluding hydrogens is 499 g/mol. The number of benzene rings is 2. The molecule has 38 heavy (non-hydrogen) atoms. The average molecular weight is 524 g/mol. The number of hydrogen-bond donors (Lipinski definition) is 2. The molecule has 0 spiro atoms. The van der Waals surface area contributed by atoms with Gasteiger partial charge in [-0.2, -0.15) is 22.7 Å². The number of anilines is 2. The average Bonchev–Trinajstić information content (AvgIpc) is 3.55. The summed E-state index contributed by atoms with van der Waals surface area (Å²) in [7, 11) is 0. The van der Waals surface area contributed by atoms with Crippen LogP contribution in [0.1, 0.15) is 23.7 Å². The molecule has 0 bridgehead atoms. The van der Waals surface area contributed by atoms with E-state index in [0.717, 1.165) is 30.8 Å². The highest BCUT2D eigenvalue weighted by molar-refractivity contribution is 5.94. The Balaban J connectivity index is 1.43. The van der Waals surface area contributed by atoms with Gasteiger partial charge in [-0.3, -0.25) is 14.2 Å². The molecule has 0 saturated carbocycles. The van der Waals surface area contributed by atoms with Crippen molar-refractivity contribution in [2.24, 2.45) is 0 Å². The predicted octanol–water partition coefficient (Wildman–Crippen LogP) is 3.11. The second-order valence-electron chi connectivity index (χ2n) is 9.34. The molecule has 2 aliphatic heterocycles. The van der Waals surface area contributed by atoms with Gasteiger partial charge in [-0.05, 0) is 37.1 Å². The lowest BCUT2D eigenvalue weighted by Gasteiger charge is -2.30. The minimum Gasteiger partial charge on any atom is -0.363 e. The third kappa shape index (κ3) is 4.20. The Morgan fingerprint density at radius 3 is 2.42 bits per heavy atom. The van der Waals surface area contributed by atoms with Crippen molar-refractivity contribution in [2.75, 3.05) is 36.4 Å². The fraction of sp³-hybridized carbons (Fsp3) is 0.308. The molecule has 196 valence electrons. The molecule has 4 heterocycles. The van der Waals surface area contributed by atoms with Gasteiger partial charge in [-0.25, -0.2) is 0 Å². The Labute approximate surface area is 214 Å². The van der Waals surface area contributed by atoms with Crippen LogP contribution in [0.2, 0.25) is 0 Å². The number of carbonyl (C=O) groups is 1. The zero-order chi connectivity index (χ0) is 26.4. The zero-order valence-corrected chi connectivity index (χ0v) is 20.2. The Morgan fingerprint density at radius 2 is 1.74 bits per heavy atom. The quantitative estimate of drug-likeness (QED) is 0.427. The van der Waals surface area contributed by atoms with E-state index in [0.29, 0.717) is 43.1 Å². The van der Waals surface area contributed by atoms with Crippen LogP contribution >= 0.6 is 0 Å². The monoisotopic (exact) mass is 523 g/mol. The minimum atomic E-state index is -4.46. The number of nitrogens with one attached hydrogen (secondary N) is 2. The van der Waals surface area contributed by atoms with Gasteiger partial charge in [0.15, 0.2) is 5.82 Å². The standard InChI is InChI=1S/C26H24F3N7O2/c27-26(28,29)17-6-8-18(9-7-17)31-23(37)20-11-10-19-21(34-14-12-30-13-15-34)24(38)36-25(35(19)20)32-22(33-36)16-4-2-1-3-5-16/h1-9,20,30H,10-15H2,(H,31,37)/t20-/m1/s1. The van der Waals surface area contributed by atoms with Crippen LogP contribution in [-0.2, 0) is 17.4 Å². The highest BCUT2D eigenvalue weighted by Gasteiger charge is 2.36. The maximum atomic E-state index is 13.7. The Hall–Kier alpha value is -4.19. The molecule has 6 rings (SSSR count). The molecule has 1 atom stereocenters. The molecule has 2 aromatic heterocycles. The van der Waals surface area contributed by atoms with Crippen LogP contribution in [0.3, 0.4) is 0 Å². The van der Waals surface area contributed by atoms with Crippen molar-refractivity contribution in [1.82, 2.24) is 24.5 Å². The highest BCUT2D eigenvalue weighted by atomic mass is 19.4. The maximum absolute atomic E-state index is 13.7. The van der Waals surface area contributed by atoms with Crippen molar-refractivity contribution < 1.29 is 18.0 Å². The fourth-order valence-electron chi connectivity index (χ4n) is 5.16. The molecule has 0 aliphatic carbocycles. The molecule has 2 aromatic carbocycles.